The molecule has 2 aromatic heterocycles. The summed E-state index contributed by atoms with van der Waals surface area (Å²) in [5.41, 5.74) is 3.73. The van der Waals surface area contributed by atoms with Crippen molar-refractivity contribution in [3.05, 3.63) is 64.5 Å². The lowest BCUT2D eigenvalue weighted by Gasteiger charge is -2.20. The van der Waals surface area contributed by atoms with Gasteiger partial charge in [-0.15, -0.1) is 0 Å². The molecule has 0 bridgehead atoms. The number of imidazole rings is 1. The van der Waals surface area contributed by atoms with Crippen molar-refractivity contribution in [2.45, 2.75) is 13.0 Å². The minimum Gasteiger partial charge on any atom is -0.315 e. The van der Waals surface area contributed by atoms with Gasteiger partial charge in [-0.2, -0.15) is 0 Å². The number of hydrogen-bond acceptors (Lipinski definition) is 5. The zero-order valence-corrected chi connectivity index (χ0v) is 14.5. The summed E-state index contributed by atoms with van der Waals surface area (Å²) in [5.74, 6) is 0. The number of nitrogens with zero attached hydrogens (tertiary/aromatic N) is 4. The van der Waals surface area contributed by atoms with Gasteiger partial charge in [0.1, 0.15) is 5.65 Å². The van der Waals surface area contributed by atoms with E-state index in [9.17, 15) is 10.1 Å². The Kier molecular flexibility index (Phi) is 4.64. The number of nitrogens with one attached hydrogen (secondary N) is 1. The highest BCUT2D eigenvalue weighted by Gasteiger charge is 2.19. The summed E-state index contributed by atoms with van der Waals surface area (Å²) in [5, 5.41) is 14.6. The van der Waals surface area contributed by atoms with Gasteiger partial charge in [-0.3, -0.25) is 19.4 Å². The number of fused-ring (bicyclic) bond motifs is 1. The molecule has 1 aliphatic rings. The zero-order valence-electron chi connectivity index (χ0n) is 14.5. The van der Waals surface area contributed by atoms with E-state index >= 15 is 0 Å². The molecular formula is C19H21N5O2. The lowest BCUT2D eigenvalue weighted by molar-refractivity contribution is -0.385. The maximum atomic E-state index is 11.2. The average Bonchev–Trinajstić information content (AvgIpc) is 2.82. The summed E-state index contributed by atoms with van der Waals surface area (Å²) in [6.45, 7) is 4.66. The minimum absolute atomic E-state index is 0.0771. The van der Waals surface area contributed by atoms with Gasteiger partial charge in [-0.1, -0.05) is 30.3 Å². The number of aromatic nitrogens is 2. The molecule has 7 heteroatoms. The zero-order chi connectivity index (χ0) is 17.9. The lowest BCUT2D eigenvalue weighted by Crippen LogP contribution is -2.28. The van der Waals surface area contributed by atoms with Crippen LogP contribution < -0.4 is 5.32 Å². The van der Waals surface area contributed by atoms with Crippen molar-refractivity contribution in [3.63, 3.8) is 0 Å². The van der Waals surface area contributed by atoms with E-state index in [0.717, 1.165) is 55.2 Å². The van der Waals surface area contributed by atoms with E-state index in [2.05, 4.69) is 10.2 Å². The Morgan fingerprint density at radius 2 is 1.96 bits per heavy atom. The minimum atomic E-state index is -0.360. The Bertz CT molecular complexity index is 914. The normalized spacial score (nSPS) is 15.8. The molecule has 0 spiro atoms. The summed E-state index contributed by atoms with van der Waals surface area (Å²) in [6, 6.07) is 13.2. The molecule has 1 aliphatic heterocycles. The van der Waals surface area contributed by atoms with Gasteiger partial charge in [0, 0.05) is 31.3 Å². The molecule has 1 aromatic carbocycles. The molecule has 134 valence electrons. The molecule has 0 saturated carbocycles. The highest BCUT2D eigenvalue weighted by Crippen LogP contribution is 2.27. The molecule has 0 unspecified atom stereocenters. The smallest absolute Gasteiger partial charge is 0.286 e. The Morgan fingerprint density at radius 3 is 2.77 bits per heavy atom. The summed E-state index contributed by atoms with van der Waals surface area (Å²) in [6.07, 6.45) is 2.68. The van der Waals surface area contributed by atoms with Crippen molar-refractivity contribution in [2.75, 3.05) is 26.2 Å². The molecule has 4 rings (SSSR count). The molecule has 0 aliphatic carbocycles. The fourth-order valence-electron chi connectivity index (χ4n) is 3.44. The van der Waals surface area contributed by atoms with Gasteiger partial charge in [-0.25, -0.2) is 4.98 Å². The van der Waals surface area contributed by atoms with Crippen molar-refractivity contribution in [2.24, 2.45) is 0 Å². The SMILES string of the molecule is O=[N+]([O-])c1ccc2nc(-c3ccccc3)c(CN3CCCNCC3)n2c1. The van der Waals surface area contributed by atoms with Gasteiger partial charge in [0.15, 0.2) is 0 Å². The summed E-state index contributed by atoms with van der Waals surface area (Å²) in [7, 11) is 0. The molecule has 0 amide bonds. The third kappa shape index (κ3) is 3.31. The van der Waals surface area contributed by atoms with Crippen LogP contribution in [0.4, 0.5) is 5.69 Å². The van der Waals surface area contributed by atoms with Crippen molar-refractivity contribution in [1.82, 2.24) is 19.6 Å². The van der Waals surface area contributed by atoms with Crippen LogP contribution in [0.3, 0.4) is 0 Å². The van der Waals surface area contributed by atoms with E-state index in [0.29, 0.717) is 6.54 Å². The number of rotatable bonds is 4. The molecule has 0 radical (unpaired) electrons. The van der Waals surface area contributed by atoms with Gasteiger partial charge in [0.25, 0.3) is 5.69 Å². The highest BCUT2D eigenvalue weighted by molar-refractivity contribution is 5.67. The summed E-state index contributed by atoms with van der Waals surface area (Å²) in [4.78, 5) is 18.0. The number of benzene rings is 1. The molecule has 1 fully saturated rings. The van der Waals surface area contributed by atoms with Crippen LogP contribution in [0, 0.1) is 10.1 Å². The number of pyridine rings is 1. The molecule has 7 nitrogen and oxygen atoms in total. The van der Waals surface area contributed by atoms with Gasteiger partial charge in [-0.05, 0) is 25.6 Å². The monoisotopic (exact) mass is 351 g/mol. The quantitative estimate of drug-likeness (QED) is 0.578. The number of hydrogen-bond donors (Lipinski definition) is 1. The second kappa shape index (κ2) is 7.23. The molecule has 1 saturated heterocycles. The van der Waals surface area contributed by atoms with Gasteiger partial charge >= 0.3 is 0 Å². The Balaban J connectivity index is 1.82. The van der Waals surface area contributed by atoms with E-state index in [1.807, 2.05) is 34.7 Å². The average molecular weight is 351 g/mol. The van der Waals surface area contributed by atoms with Gasteiger partial charge in [0.05, 0.1) is 22.5 Å². The maximum Gasteiger partial charge on any atom is 0.286 e. The first-order valence-corrected chi connectivity index (χ1v) is 8.86. The van der Waals surface area contributed by atoms with Crippen molar-refractivity contribution >= 4 is 11.3 Å². The predicted octanol–water partition coefficient (Wildman–Crippen LogP) is 2.70. The first-order chi connectivity index (χ1) is 12.7. The van der Waals surface area contributed by atoms with Crippen LogP contribution >= 0.6 is 0 Å². The third-order valence-electron chi connectivity index (χ3n) is 4.77. The molecule has 1 N–H and O–H groups in total. The lowest BCUT2D eigenvalue weighted by atomic mass is 10.1. The van der Waals surface area contributed by atoms with Crippen LogP contribution in [-0.2, 0) is 6.54 Å². The Morgan fingerprint density at radius 1 is 1.12 bits per heavy atom. The Labute approximate surface area is 151 Å². The van der Waals surface area contributed by atoms with Crippen LogP contribution in [0.1, 0.15) is 12.1 Å². The molecule has 3 aromatic rings. The topological polar surface area (TPSA) is 75.7 Å². The summed E-state index contributed by atoms with van der Waals surface area (Å²) < 4.78 is 1.87. The van der Waals surface area contributed by atoms with Gasteiger partial charge < -0.3 is 5.32 Å². The highest BCUT2D eigenvalue weighted by atomic mass is 16.6. The van der Waals surface area contributed by atoms with E-state index in [-0.39, 0.29) is 10.6 Å². The van der Waals surface area contributed by atoms with Crippen molar-refractivity contribution < 1.29 is 4.92 Å². The summed E-state index contributed by atoms with van der Waals surface area (Å²) >= 11 is 0. The first-order valence-electron chi connectivity index (χ1n) is 8.86. The van der Waals surface area contributed by atoms with Crippen LogP contribution in [0.15, 0.2) is 48.7 Å². The van der Waals surface area contributed by atoms with Crippen LogP contribution in [-0.4, -0.2) is 45.4 Å². The van der Waals surface area contributed by atoms with Crippen LogP contribution in [0.5, 0.6) is 0 Å². The third-order valence-corrected chi connectivity index (χ3v) is 4.77. The van der Waals surface area contributed by atoms with E-state index < -0.39 is 0 Å². The molecule has 3 heterocycles. The molecular weight excluding hydrogens is 330 g/mol. The second-order valence-electron chi connectivity index (χ2n) is 6.53. The van der Waals surface area contributed by atoms with Crippen LogP contribution in [0.2, 0.25) is 0 Å². The molecule has 26 heavy (non-hydrogen) atoms. The van der Waals surface area contributed by atoms with Crippen molar-refractivity contribution in [1.29, 1.82) is 0 Å². The fraction of sp³-hybridized carbons (Fsp3) is 0.316. The van der Waals surface area contributed by atoms with Crippen LogP contribution in [0.25, 0.3) is 16.9 Å². The van der Waals surface area contributed by atoms with E-state index in [4.69, 9.17) is 4.98 Å². The number of nitro groups is 1. The molecule has 0 atom stereocenters. The largest absolute Gasteiger partial charge is 0.315 e. The predicted molar refractivity (Wildman–Crippen MR) is 100 cm³/mol. The van der Waals surface area contributed by atoms with Crippen molar-refractivity contribution in [3.8, 4) is 11.3 Å². The maximum absolute atomic E-state index is 11.2. The van der Waals surface area contributed by atoms with E-state index in [1.54, 1.807) is 12.3 Å². The van der Waals surface area contributed by atoms with E-state index in [1.165, 1.54) is 6.07 Å². The standard InChI is InChI=1S/C19H21N5O2/c25-24(26)16-7-8-18-21-19(15-5-2-1-3-6-15)17(23(18)13-16)14-22-11-4-9-20-10-12-22/h1-3,5-8,13,20H,4,9-12,14H2. The Hall–Kier alpha value is -2.77. The second-order valence-corrected chi connectivity index (χ2v) is 6.53. The first kappa shape index (κ1) is 16.7. The fourth-order valence-corrected chi connectivity index (χ4v) is 3.44. The van der Waals surface area contributed by atoms with Gasteiger partial charge in [0.2, 0.25) is 0 Å².